The zero-order valence-corrected chi connectivity index (χ0v) is 15.2. The molecule has 0 saturated carbocycles. The minimum atomic E-state index is -0.481. The standard InChI is InChI=1S/C17H19N5O4/c1-9-6-10(2)22-17(18-9)19-14(20-22)15(23)21(4)8-12-7-13(11(3)26-12)16(24)25-5/h6-7H,8H2,1-5H3. The average molecular weight is 357 g/mol. The number of aryl methyl sites for hydroxylation is 3. The number of nitrogens with zero attached hydrogens (tertiary/aromatic N) is 5. The highest BCUT2D eigenvalue weighted by Crippen LogP contribution is 2.17. The summed E-state index contributed by atoms with van der Waals surface area (Å²) in [5.74, 6) is 0.472. The van der Waals surface area contributed by atoms with Crippen LogP contribution in [0.3, 0.4) is 0 Å². The smallest absolute Gasteiger partial charge is 0.341 e. The summed E-state index contributed by atoms with van der Waals surface area (Å²) in [6, 6.07) is 3.43. The number of fused-ring (bicyclic) bond motifs is 1. The summed E-state index contributed by atoms with van der Waals surface area (Å²) < 4.78 is 11.8. The van der Waals surface area contributed by atoms with Crippen LogP contribution in [0.25, 0.3) is 5.78 Å². The topological polar surface area (TPSA) is 103 Å². The van der Waals surface area contributed by atoms with Crippen LogP contribution in [0, 0.1) is 20.8 Å². The van der Waals surface area contributed by atoms with Gasteiger partial charge in [0.1, 0.15) is 17.1 Å². The molecule has 0 saturated heterocycles. The first kappa shape index (κ1) is 17.6. The maximum absolute atomic E-state index is 12.6. The number of furan rings is 1. The molecule has 0 bridgehead atoms. The maximum atomic E-state index is 12.6. The summed E-state index contributed by atoms with van der Waals surface area (Å²) in [5.41, 5.74) is 1.98. The minimum absolute atomic E-state index is 0.0465. The summed E-state index contributed by atoms with van der Waals surface area (Å²) in [6.07, 6.45) is 0. The molecule has 0 unspecified atom stereocenters. The molecule has 0 aliphatic carbocycles. The fourth-order valence-corrected chi connectivity index (χ4v) is 2.67. The van der Waals surface area contributed by atoms with Crippen LogP contribution in [0.2, 0.25) is 0 Å². The van der Waals surface area contributed by atoms with E-state index in [0.717, 1.165) is 11.4 Å². The van der Waals surface area contributed by atoms with E-state index in [1.807, 2.05) is 19.9 Å². The lowest BCUT2D eigenvalue weighted by atomic mass is 10.2. The van der Waals surface area contributed by atoms with Gasteiger partial charge in [-0.25, -0.2) is 14.3 Å². The molecule has 0 aromatic carbocycles. The lowest BCUT2D eigenvalue weighted by Gasteiger charge is -2.13. The second-order valence-electron chi connectivity index (χ2n) is 6.02. The predicted octanol–water partition coefficient (Wildman–Crippen LogP) is 1.70. The third-order valence-electron chi connectivity index (χ3n) is 3.92. The SMILES string of the molecule is COC(=O)c1cc(CN(C)C(=O)c2nc3nc(C)cc(C)n3n2)oc1C. The molecule has 3 heterocycles. The largest absolute Gasteiger partial charge is 0.465 e. The first-order valence-corrected chi connectivity index (χ1v) is 7.94. The van der Waals surface area contributed by atoms with E-state index in [-0.39, 0.29) is 18.3 Å². The first-order valence-electron chi connectivity index (χ1n) is 7.94. The van der Waals surface area contributed by atoms with E-state index in [4.69, 9.17) is 9.15 Å². The van der Waals surface area contributed by atoms with Gasteiger partial charge in [0.05, 0.1) is 13.7 Å². The average Bonchev–Trinajstić information content (AvgIpc) is 3.17. The molecule has 0 spiro atoms. The number of carbonyl (C=O) groups excluding carboxylic acids is 2. The van der Waals surface area contributed by atoms with Gasteiger partial charge in [0.15, 0.2) is 0 Å². The lowest BCUT2D eigenvalue weighted by molar-refractivity contribution is 0.0598. The molecule has 0 fully saturated rings. The predicted molar refractivity (Wildman–Crippen MR) is 90.8 cm³/mol. The van der Waals surface area contributed by atoms with Crippen LogP contribution in [0.1, 0.15) is 43.9 Å². The Hall–Kier alpha value is -3.23. The molecule has 0 aliphatic rings. The fourth-order valence-electron chi connectivity index (χ4n) is 2.67. The van der Waals surface area contributed by atoms with E-state index >= 15 is 0 Å². The van der Waals surface area contributed by atoms with Crippen LogP contribution in [0.15, 0.2) is 16.5 Å². The van der Waals surface area contributed by atoms with Gasteiger partial charge in [0, 0.05) is 18.4 Å². The molecule has 0 atom stereocenters. The van der Waals surface area contributed by atoms with Crippen molar-refractivity contribution < 1.29 is 18.7 Å². The van der Waals surface area contributed by atoms with Crippen LogP contribution in [0.5, 0.6) is 0 Å². The van der Waals surface area contributed by atoms with E-state index in [0.29, 0.717) is 22.9 Å². The van der Waals surface area contributed by atoms with Gasteiger partial charge in [-0.3, -0.25) is 4.79 Å². The molecule has 9 nitrogen and oxygen atoms in total. The van der Waals surface area contributed by atoms with Crippen molar-refractivity contribution in [2.45, 2.75) is 27.3 Å². The molecule has 0 radical (unpaired) electrons. The molecular formula is C17H19N5O4. The fraction of sp³-hybridized carbons (Fsp3) is 0.353. The van der Waals surface area contributed by atoms with Crippen molar-refractivity contribution in [3.8, 4) is 0 Å². The maximum Gasteiger partial charge on any atom is 0.341 e. The Morgan fingerprint density at radius 3 is 2.65 bits per heavy atom. The normalized spacial score (nSPS) is 11.0. The Balaban J connectivity index is 1.82. The lowest BCUT2D eigenvalue weighted by Crippen LogP contribution is -2.27. The van der Waals surface area contributed by atoms with Gasteiger partial charge in [-0.15, -0.1) is 5.10 Å². The molecular weight excluding hydrogens is 338 g/mol. The van der Waals surface area contributed by atoms with E-state index in [2.05, 4.69) is 15.1 Å². The molecule has 3 aromatic rings. The van der Waals surface area contributed by atoms with Crippen molar-refractivity contribution in [2.75, 3.05) is 14.2 Å². The molecule has 9 heteroatoms. The number of aromatic nitrogens is 4. The van der Waals surface area contributed by atoms with Gasteiger partial charge >= 0.3 is 5.97 Å². The van der Waals surface area contributed by atoms with Crippen LogP contribution >= 0.6 is 0 Å². The van der Waals surface area contributed by atoms with Crippen LogP contribution in [-0.2, 0) is 11.3 Å². The minimum Gasteiger partial charge on any atom is -0.465 e. The highest BCUT2D eigenvalue weighted by Gasteiger charge is 2.22. The molecule has 3 aromatic heterocycles. The Bertz CT molecular complexity index is 1000. The quantitative estimate of drug-likeness (QED) is 0.655. The number of hydrogen-bond acceptors (Lipinski definition) is 7. The Morgan fingerprint density at radius 1 is 1.23 bits per heavy atom. The summed E-state index contributed by atoms with van der Waals surface area (Å²) >= 11 is 0. The van der Waals surface area contributed by atoms with E-state index in [1.54, 1.807) is 20.0 Å². The van der Waals surface area contributed by atoms with E-state index < -0.39 is 5.97 Å². The number of hydrogen-bond donors (Lipinski definition) is 0. The van der Waals surface area contributed by atoms with E-state index in [1.165, 1.54) is 16.5 Å². The monoisotopic (exact) mass is 357 g/mol. The highest BCUT2D eigenvalue weighted by atomic mass is 16.5. The number of rotatable bonds is 4. The second-order valence-corrected chi connectivity index (χ2v) is 6.02. The second kappa shape index (κ2) is 6.58. The highest BCUT2D eigenvalue weighted by molar-refractivity contribution is 5.91. The molecule has 1 amide bonds. The molecule has 26 heavy (non-hydrogen) atoms. The molecule has 0 aliphatic heterocycles. The van der Waals surface area contributed by atoms with Crippen molar-refractivity contribution in [3.05, 3.63) is 46.4 Å². The first-order chi connectivity index (χ1) is 12.3. The van der Waals surface area contributed by atoms with E-state index in [9.17, 15) is 9.59 Å². The summed E-state index contributed by atoms with van der Waals surface area (Å²) in [4.78, 5) is 34.2. The zero-order chi connectivity index (χ0) is 19.0. The van der Waals surface area contributed by atoms with Crippen molar-refractivity contribution in [1.82, 2.24) is 24.5 Å². The third kappa shape index (κ3) is 3.15. The van der Waals surface area contributed by atoms with Gasteiger partial charge in [-0.05, 0) is 32.9 Å². The van der Waals surface area contributed by atoms with Crippen molar-refractivity contribution in [1.29, 1.82) is 0 Å². The number of amides is 1. The van der Waals surface area contributed by atoms with Gasteiger partial charge < -0.3 is 14.1 Å². The summed E-state index contributed by atoms with van der Waals surface area (Å²) in [5, 5.41) is 4.23. The molecule has 136 valence electrons. The Kier molecular flexibility index (Phi) is 4.45. The number of esters is 1. The van der Waals surface area contributed by atoms with Gasteiger partial charge in [-0.1, -0.05) is 0 Å². The van der Waals surface area contributed by atoms with Gasteiger partial charge in [0.25, 0.3) is 11.7 Å². The zero-order valence-electron chi connectivity index (χ0n) is 15.2. The Labute approximate surface area is 149 Å². The van der Waals surface area contributed by atoms with Crippen LogP contribution in [-0.4, -0.2) is 50.5 Å². The molecule has 0 N–H and O–H groups in total. The number of ether oxygens (including phenoxy) is 1. The number of carbonyl (C=O) groups is 2. The van der Waals surface area contributed by atoms with Crippen LogP contribution in [0.4, 0.5) is 0 Å². The molecule has 3 rings (SSSR count). The summed E-state index contributed by atoms with van der Waals surface area (Å²) in [7, 11) is 2.91. The third-order valence-corrected chi connectivity index (χ3v) is 3.92. The van der Waals surface area contributed by atoms with Crippen molar-refractivity contribution >= 4 is 17.7 Å². The van der Waals surface area contributed by atoms with Crippen molar-refractivity contribution in [3.63, 3.8) is 0 Å². The van der Waals surface area contributed by atoms with Gasteiger partial charge in [0.2, 0.25) is 5.82 Å². The van der Waals surface area contributed by atoms with Gasteiger partial charge in [-0.2, -0.15) is 4.98 Å². The summed E-state index contributed by atoms with van der Waals surface area (Å²) in [6.45, 7) is 5.55. The van der Waals surface area contributed by atoms with Crippen molar-refractivity contribution in [2.24, 2.45) is 0 Å². The van der Waals surface area contributed by atoms with Crippen LogP contribution < -0.4 is 0 Å². The Morgan fingerprint density at radius 2 is 1.96 bits per heavy atom. The number of methoxy groups -OCH3 is 1.